The molecule has 0 spiro atoms. The van der Waals surface area contributed by atoms with E-state index >= 15 is 0 Å². The molecule has 0 radical (unpaired) electrons. The number of thioether (sulfide) groups is 1. The first-order chi connectivity index (χ1) is 15.7. The minimum Gasteiger partial charge on any atom is -0.481 e. The first-order valence-electron chi connectivity index (χ1n) is 12.1. The highest BCUT2D eigenvalue weighted by atomic mass is 32.2. The molecule has 1 aliphatic rings. The zero-order chi connectivity index (χ0) is 22.9. The molecule has 7 nitrogen and oxygen atoms in total. The third kappa shape index (κ3) is 11.3. The number of rotatable bonds is 8. The van der Waals surface area contributed by atoms with E-state index < -0.39 is 0 Å². The van der Waals surface area contributed by atoms with Crippen molar-refractivity contribution >= 4 is 11.8 Å². The number of methoxy groups -OCH3 is 1. The molecule has 1 atom stereocenters. The van der Waals surface area contributed by atoms with Crippen LogP contribution in [-0.4, -0.2) is 67.7 Å². The van der Waals surface area contributed by atoms with Crippen LogP contribution in [0.15, 0.2) is 0 Å². The second-order valence-electron chi connectivity index (χ2n) is 8.06. The van der Waals surface area contributed by atoms with Crippen molar-refractivity contribution in [2.75, 3.05) is 51.6 Å². The number of nitrogens with zero attached hydrogens (tertiary/aromatic N) is 2. The topological polar surface area (TPSA) is 71.9 Å². The van der Waals surface area contributed by atoms with E-state index in [1.54, 1.807) is 7.11 Å². The van der Waals surface area contributed by atoms with Crippen LogP contribution in [0.1, 0.15) is 69.0 Å². The van der Waals surface area contributed by atoms with Gasteiger partial charge in [0.2, 0.25) is 5.88 Å². The molecular weight excluding hydrogens is 428 g/mol. The maximum atomic E-state index is 6.16. The molecule has 1 aromatic rings. The molecule has 0 amide bonds. The molecule has 1 aliphatic heterocycles. The molecule has 32 heavy (non-hydrogen) atoms. The minimum absolute atomic E-state index is 0.263. The van der Waals surface area contributed by atoms with Gasteiger partial charge >= 0.3 is 0 Å². The molecule has 0 fully saturated rings. The Bertz CT molecular complexity index is 620. The van der Waals surface area contributed by atoms with Gasteiger partial charge in [-0.3, -0.25) is 0 Å². The number of aromatic nitrogens is 2. The average molecular weight is 471 g/mol. The van der Waals surface area contributed by atoms with Gasteiger partial charge in [-0.15, -0.1) is 0 Å². The molecule has 0 aromatic carbocycles. The first kappa shape index (κ1) is 27.3. The van der Waals surface area contributed by atoms with E-state index in [1.807, 2.05) is 18.7 Å². The molecule has 2 heterocycles. The molecule has 1 aromatic heterocycles. The van der Waals surface area contributed by atoms with E-state index in [9.17, 15) is 0 Å². The van der Waals surface area contributed by atoms with Gasteiger partial charge in [0, 0.05) is 17.1 Å². The normalized spacial score (nSPS) is 19.8. The van der Waals surface area contributed by atoms with Gasteiger partial charge in [-0.05, 0) is 13.3 Å². The Balaban J connectivity index is 1.86. The second kappa shape index (κ2) is 17.5. The van der Waals surface area contributed by atoms with Crippen LogP contribution in [-0.2, 0) is 32.2 Å². The van der Waals surface area contributed by atoms with Crippen LogP contribution < -0.4 is 4.74 Å². The van der Waals surface area contributed by atoms with Crippen molar-refractivity contribution < 1.29 is 23.7 Å². The first-order valence-corrected chi connectivity index (χ1v) is 13.2. The summed E-state index contributed by atoms with van der Waals surface area (Å²) < 4.78 is 28.8. The maximum absolute atomic E-state index is 6.16. The highest BCUT2D eigenvalue weighted by Gasteiger charge is 2.13. The molecular formula is C24H42N2O5S. The smallest absolute Gasteiger partial charge is 0.219 e. The predicted octanol–water partition coefficient (Wildman–Crippen LogP) is 4.73. The SMILES string of the molecule is CCCCCCCCC1CSCCOCCOCc2nc(nc(OC)c2C)COCCO1. The van der Waals surface area contributed by atoms with Crippen LogP contribution in [0.2, 0.25) is 0 Å². The van der Waals surface area contributed by atoms with E-state index in [0.717, 1.165) is 35.8 Å². The van der Waals surface area contributed by atoms with Gasteiger partial charge in [-0.25, -0.2) is 4.98 Å². The molecule has 2 bridgehead atoms. The summed E-state index contributed by atoms with van der Waals surface area (Å²) in [6.07, 6.45) is 9.19. The van der Waals surface area contributed by atoms with E-state index in [1.165, 1.54) is 38.5 Å². The lowest BCUT2D eigenvalue weighted by molar-refractivity contribution is 0.00372. The Kier molecular flexibility index (Phi) is 15.0. The summed E-state index contributed by atoms with van der Waals surface area (Å²) in [6.45, 7) is 7.87. The third-order valence-electron chi connectivity index (χ3n) is 5.42. The Labute approximate surface area is 198 Å². The highest BCUT2D eigenvalue weighted by molar-refractivity contribution is 7.99. The van der Waals surface area contributed by atoms with Crippen LogP contribution in [0.4, 0.5) is 0 Å². The van der Waals surface area contributed by atoms with Crippen molar-refractivity contribution in [3.63, 3.8) is 0 Å². The van der Waals surface area contributed by atoms with Gasteiger partial charge in [0.1, 0.15) is 6.61 Å². The Hall–Kier alpha value is -0.930. The fraction of sp³-hybridized carbons (Fsp3) is 0.833. The number of unbranched alkanes of at least 4 members (excludes halogenated alkanes) is 5. The van der Waals surface area contributed by atoms with Gasteiger partial charge in [-0.2, -0.15) is 16.7 Å². The molecule has 1 unspecified atom stereocenters. The van der Waals surface area contributed by atoms with Crippen molar-refractivity contribution in [2.45, 2.75) is 78.1 Å². The average Bonchev–Trinajstić information content (AvgIpc) is 2.80. The summed E-state index contributed by atoms with van der Waals surface area (Å²) in [7, 11) is 1.62. The summed E-state index contributed by atoms with van der Waals surface area (Å²) >= 11 is 1.90. The van der Waals surface area contributed by atoms with Gasteiger partial charge < -0.3 is 23.7 Å². The lowest BCUT2D eigenvalue weighted by atomic mass is 10.1. The van der Waals surface area contributed by atoms with Crippen molar-refractivity contribution in [3.05, 3.63) is 17.1 Å². The van der Waals surface area contributed by atoms with Crippen LogP contribution in [0.5, 0.6) is 5.88 Å². The maximum Gasteiger partial charge on any atom is 0.219 e. The van der Waals surface area contributed by atoms with E-state index in [0.29, 0.717) is 51.3 Å². The largest absolute Gasteiger partial charge is 0.481 e. The molecule has 0 aliphatic carbocycles. The van der Waals surface area contributed by atoms with Gasteiger partial charge in [0.05, 0.1) is 58.5 Å². The summed E-state index contributed by atoms with van der Waals surface area (Å²) in [5.41, 5.74) is 1.71. The molecule has 0 saturated carbocycles. The Morgan fingerprint density at radius 3 is 2.50 bits per heavy atom. The number of hydrogen-bond acceptors (Lipinski definition) is 8. The Morgan fingerprint density at radius 1 is 0.906 bits per heavy atom. The minimum atomic E-state index is 0.263. The molecule has 0 saturated heterocycles. The lowest BCUT2D eigenvalue weighted by Crippen LogP contribution is -2.20. The zero-order valence-corrected chi connectivity index (χ0v) is 21.1. The number of ether oxygens (including phenoxy) is 5. The summed E-state index contributed by atoms with van der Waals surface area (Å²) in [5.74, 6) is 3.13. The number of hydrogen-bond donors (Lipinski definition) is 0. The summed E-state index contributed by atoms with van der Waals surface area (Å²) in [5, 5.41) is 0. The second-order valence-corrected chi connectivity index (χ2v) is 9.21. The van der Waals surface area contributed by atoms with Crippen LogP contribution >= 0.6 is 11.8 Å². The fourth-order valence-corrected chi connectivity index (χ4v) is 4.45. The van der Waals surface area contributed by atoms with E-state index in [-0.39, 0.29) is 6.10 Å². The van der Waals surface area contributed by atoms with Crippen molar-refractivity contribution in [1.29, 1.82) is 0 Å². The zero-order valence-electron chi connectivity index (χ0n) is 20.2. The van der Waals surface area contributed by atoms with Crippen molar-refractivity contribution in [1.82, 2.24) is 9.97 Å². The van der Waals surface area contributed by atoms with Crippen LogP contribution in [0.25, 0.3) is 0 Å². The van der Waals surface area contributed by atoms with Gasteiger partial charge in [-0.1, -0.05) is 45.4 Å². The van der Waals surface area contributed by atoms with E-state index in [2.05, 4.69) is 16.9 Å². The highest BCUT2D eigenvalue weighted by Crippen LogP contribution is 2.19. The molecule has 2 rings (SSSR count). The van der Waals surface area contributed by atoms with E-state index in [4.69, 9.17) is 23.7 Å². The predicted molar refractivity (Wildman–Crippen MR) is 129 cm³/mol. The standard InChI is InChI=1S/C24H42N2O5S/c1-4-5-6-7-8-9-10-21-19-32-16-15-28-11-12-29-17-22-20(2)24(27-3)26-23(25-22)18-30-13-14-31-21/h21H,4-19H2,1-3H3. The lowest BCUT2D eigenvalue weighted by Gasteiger charge is -2.18. The monoisotopic (exact) mass is 470 g/mol. The fourth-order valence-electron chi connectivity index (χ4n) is 3.52. The van der Waals surface area contributed by atoms with Gasteiger partial charge in [0.25, 0.3) is 0 Å². The van der Waals surface area contributed by atoms with Crippen LogP contribution in [0, 0.1) is 6.92 Å². The molecule has 0 N–H and O–H groups in total. The Morgan fingerprint density at radius 2 is 1.66 bits per heavy atom. The molecule has 184 valence electrons. The van der Waals surface area contributed by atoms with Crippen molar-refractivity contribution in [2.24, 2.45) is 0 Å². The third-order valence-corrected chi connectivity index (χ3v) is 6.48. The van der Waals surface area contributed by atoms with Crippen LogP contribution in [0.3, 0.4) is 0 Å². The van der Waals surface area contributed by atoms with Crippen molar-refractivity contribution in [3.8, 4) is 5.88 Å². The number of fused-ring (bicyclic) bond motifs is 2. The quantitative estimate of drug-likeness (QED) is 0.505. The molecule has 8 heteroatoms. The van der Waals surface area contributed by atoms with Gasteiger partial charge in [0.15, 0.2) is 5.82 Å². The summed E-state index contributed by atoms with van der Waals surface area (Å²) in [4.78, 5) is 9.06. The summed E-state index contributed by atoms with van der Waals surface area (Å²) in [6, 6.07) is 0.